The number of nitrogens with zero attached hydrogens (tertiary/aromatic N) is 3. The van der Waals surface area contributed by atoms with Crippen molar-refractivity contribution in [3.05, 3.63) is 11.2 Å². The van der Waals surface area contributed by atoms with Gasteiger partial charge in [-0.3, -0.25) is 4.68 Å². The summed E-state index contributed by atoms with van der Waals surface area (Å²) >= 11 is 5.97. The SMILES string of the molecule is CCN(CC1CCNCC1)S(=O)(=O)c1c(Cl)cnn1C. The second-order valence-corrected chi connectivity index (χ2v) is 7.33. The van der Waals surface area contributed by atoms with Crippen LogP contribution in [0.5, 0.6) is 0 Å². The molecule has 0 saturated carbocycles. The summed E-state index contributed by atoms with van der Waals surface area (Å²) in [6, 6.07) is 0. The molecule has 114 valence electrons. The molecule has 1 aliphatic heterocycles. The minimum atomic E-state index is -3.59. The molecule has 8 heteroatoms. The Kier molecular flexibility index (Phi) is 5.06. The van der Waals surface area contributed by atoms with E-state index in [4.69, 9.17) is 11.6 Å². The predicted octanol–water partition coefficient (Wildman–Crippen LogP) is 1.08. The van der Waals surface area contributed by atoms with E-state index in [0.717, 1.165) is 25.9 Å². The quantitative estimate of drug-likeness (QED) is 0.881. The molecule has 0 amide bonds. The number of hydrogen-bond donors (Lipinski definition) is 1. The second kappa shape index (κ2) is 6.43. The van der Waals surface area contributed by atoms with Crippen LogP contribution in [-0.2, 0) is 17.1 Å². The van der Waals surface area contributed by atoms with Gasteiger partial charge in [0.2, 0.25) is 0 Å². The Labute approximate surface area is 125 Å². The number of aromatic nitrogens is 2. The fraction of sp³-hybridized carbons (Fsp3) is 0.750. The maximum atomic E-state index is 12.7. The summed E-state index contributed by atoms with van der Waals surface area (Å²) < 4.78 is 28.2. The molecule has 6 nitrogen and oxygen atoms in total. The molecule has 0 bridgehead atoms. The van der Waals surface area contributed by atoms with Crippen LogP contribution in [0.3, 0.4) is 0 Å². The second-order valence-electron chi connectivity index (χ2n) is 5.07. The molecule has 0 unspecified atom stereocenters. The maximum absolute atomic E-state index is 12.7. The summed E-state index contributed by atoms with van der Waals surface area (Å²) in [5.41, 5.74) is 0. The third kappa shape index (κ3) is 3.16. The molecule has 2 rings (SSSR count). The molecule has 2 heterocycles. The Hall–Kier alpha value is -0.630. The Morgan fingerprint density at radius 3 is 2.65 bits per heavy atom. The lowest BCUT2D eigenvalue weighted by Gasteiger charge is -2.28. The molecular formula is C12H21ClN4O2S. The largest absolute Gasteiger partial charge is 0.317 e. The van der Waals surface area contributed by atoms with E-state index in [1.54, 1.807) is 7.05 Å². The molecule has 0 atom stereocenters. The summed E-state index contributed by atoms with van der Waals surface area (Å²) in [4.78, 5) is 0. The molecule has 0 aromatic carbocycles. The molecule has 1 aliphatic rings. The van der Waals surface area contributed by atoms with Crippen molar-refractivity contribution in [3.63, 3.8) is 0 Å². The van der Waals surface area contributed by atoms with E-state index in [0.29, 0.717) is 19.0 Å². The Morgan fingerprint density at radius 2 is 2.15 bits per heavy atom. The van der Waals surface area contributed by atoms with Gasteiger partial charge < -0.3 is 5.32 Å². The van der Waals surface area contributed by atoms with Gasteiger partial charge in [0.1, 0.15) is 0 Å². The lowest BCUT2D eigenvalue weighted by atomic mass is 9.98. The van der Waals surface area contributed by atoms with Gasteiger partial charge >= 0.3 is 0 Å². The Balaban J connectivity index is 2.21. The zero-order valence-corrected chi connectivity index (χ0v) is 13.4. The van der Waals surface area contributed by atoms with Crippen LogP contribution >= 0.6 is 11.6 Å². The average molecular weight is 321 g/mol. The highest BCUT2D eigenvalue weighted by Crippen LogP contribution is 2.25. The fourth-order valence-corrected chi connectivity index (χ4v) is 4.69. The number of piperidine rings is 1. The van der Waals surface area contributed by atoms with Crippen LogP contribution in [0.4, 0.5) is 0 Å². The van der Waals surface area contributed by atoms with Gasteiger partial charge in [-0.15, -0.1) is 0 Å². The van der Waals surface area contributed by atoms with E-state index in [1.165, 1.54) is 15.2 Å². The van der Waals surface area contributed by atoms with Crippen LogP contribution in [0.2, 0.25) is 5.02 Å². The zero-order valence-electron chi connectivity index (χ0n) is 11.8. The third-order valence-corrected chi connectivity index (χ3v) is 6.15. The first-order chi connectivity index (χ1) is 9.46. The minimum absolute atomic E-state index is 0.0787. The van der Waals surface area contributed by atoms with Gasteiger partial charge in [-0.05, 0) is 31.8 Å². The van der Waals surface area contributed by atoms with Gasteiger partial charge in [-0.1, -0.05) is 18.5 Å². The molecule has 0 aliphatic carbocycles. The number of rotatable bonds is 5. The van der Waals surface area contributed by atoms with Crippen molar-refractivity contribution >= 4 is 21.6 Å². The molecule has 1 aromatic rings. The van der Waals surface area contributed by atoms with Crippen molar-refractivity contribution in [2.75, 3.05) is 26.2 Å². The van der Waals surface area contributed by atoms with Crippen molar-refractivity contribution in [1.82, 2.24) is 19.4 Å². The smallest absolute Gasteiger partial charge is 0.261 e. The normalized spacial score (nSPS) is 17.8. The summed E-state index contributed by atoms with van der Waals surface area (Å²) in [6.45, 7) is 4.74. The molecular weight excluding hydrogens is 300 g/mol. The lowest BCUT2D eigenvalue weighted by molar-refractivity contribution is 0.293. The highest BCUT2D eigenvalue weighted by Gasteiger charge is 2.31. The van der Waals surface area contributed by atoms with Crippen molar-refractivity contribution < 1.29 is 8.42 Å². The van der Waals surface area contributed by atoms with E-state index in [2.05, 4.69) is 10.4 Å². The molecule has 0 spiro atoms. The van der Waals surface area contributed by atoms with Crippen molar-refractivity contribution in [2.45, 2.75) is 24.8 Å². The average Bonchev–Trinajstić information content (AvgIpc) is 2.77. The Morgan fingerprint density at radius 1 is 1.50 bits per heavy atom. The van der Waals surface area contributed by atoms with Crippen molar-refractivity contribution in [1.29, 1.82) is 0 Å². The van der Waals surface area contributed by atoms with E-state index < -0.39 is 10.0 Å². The molecule has 1 fully saturated rings. The van der Waals surface area contributed by atoms with Crippen molar-refractivity contribution in [2.24, 2.45) is 13.0 Å². The van der Waals surface area contributed by atoms with Gasteiger partial charge in [0.05, 0.1) is 11.2 Å². The predicted molar refractivity (Wildman–Crippen MR) is 78.2 cm³/mol. The van der Waals surface area contributed by atoms with Gasteiger partial charge in [0, 0.05) is 20.1 Å². The molecule has 1 aromatic heterocycles. The van der Waals surface area contributed by atoms with Crippen molar-refractivity contribution in [3.8, 4) is 0 Å². The topological polar surface area (TPSA) is 67.2 Å². The number of hydrogen-bond acceptors (Lipinski definition) is 4. The highest BCUT2D eigenvalue weighted by atomic mass is 35.5. The number of halogens is 1. The third-order valence-electron chi connectivity index (χ3n) is 3.70. The van der Waals surface area contributed by atoms with Crippen LogP contribution < -0.4 is 5.32 Å². The van der Waals surface area contributed by atoms with Gasteiger partial charge in [0.15, 0.2) is 5.03 Å². The van der Waals surface area contributed by atoms with Crippen LogP contribution in [-0.4, -0.2) is 48.7 Å². The lowest BCUT2D eigenvalue weighted by Crippen LogP contribution is -2.39. The highest BCUT2D eigenvalue weighted by molar-refractivity contribution is 7.89. The monoisotopic (exact) mass is 320 g/mol. The molecule has 20 heavy (non-hydrogen) atoms. The summed E-state index contributed by atoms with van der Waals surface area (Å²) in [7, 11) is -1.99. The summed E-state index contributed by atoms with van der Waals surface area (Å²) in [5.74, 6) is 0.401. The van der Waals surface area contributed by atoms with E-state index >= 15 is 0 Å². The number of sulfonamides is 1. The van der Waals surface area contributed by atoms with Gasteiger partial charge in [-0.2, -0.15) is 9.40 Å². The number of aryl methyl sites for hydroxylation is 1. The number of nitrogens with one attached hydrogen (secondary N) is 1. The molecule has 1 saturated heterocycles. The van der Waals surface area contributed by atoms with Crippen LogP contribution in [0.1, 0.15) is 19.8 Å². The molecule has 1 N–H and O–H groups in total. The van der Waals surface area contributed by atoms with E-state index in [1.807, 2.05) is 6.92 Å². The van der Waals surface area contributed by atoms with Gasteiger partial charge in [0.25, 0.3) is 10.0 Å². The Bertz CT molecular complexity index is 532. The first kappa shape index (κ1) is 15.8. The first-order valence-corrected chi connectivity index (χ1v) is 8.67. The van der Waals surface area contributed by atoms with Crippen LogP contribution in [0.25, 0.3) is 0 Å². The van der Waals surface area contributed by atoms with Gasteiger partial charge in [-0.25, -0.2) is 8.42 Å². The van der Waals surface area contributed by atoms with E-state index in [-0.39, 0.29) is 10.0 Å². The minimum Gasteiger partial charge on any atom is -0.317 e. The summed E-state index contributed by atoms with van der Waals surface area (Å²) in [6.07, 6.45) is 3.38. The fourth-order valence-electron chi connectivity index (χ4n) is 2.56. The van der Waals surface area contributed by atoms with Crippen LogP contribution in [0, 0.1) is 5.92 Å². The van der Waals surface area contributed by atoms with Crippen LogP contribution in [0.15, 0.2) is 11.2 Å². The first-order valence-electron chi connectivity index (χ1n) is 6.85. The maximum Gasteiger partial charge on any atom is 0.261 e. The summed E-state index contributed by atoms with van der Waals surface area (Å²) in [5, 5.41) is 7.46. The molecule has 0 radical (unpaired) electrons. The standard InChI is InChI=1S/C12H21ClN4O2S/c1-3-17(9-10-4-6-14-7-5-10)20(18,19)12-11(13)8-15-16(12)2/h8,10,14H,3-7,9H2,1-2H3. The van der Waals surface area contributed by atoms with E-state index in [9.17, 15) is 8.42 Å². The zero-order chi connectivity index (χ0) is 14.8.